The summed E-state index contributed by atoms with van der Waals surface area (Å²) >= 11 is 6.13. The minimum absolute atomic E-state index is 0.193. The van der Waals surface area contributed by atoms with Crippen LogP contribution in [0.25, 0.3) is 0 Å². The first-order valence-electron chi connectivity index (χ1n) is 8.38. The summed E-state index contributed by atoms with van der Waals surface area (Å²) in [5.74, 6) is -1.36. The number of rotatable bonds is 3. The van der Waals surface area contributed by atoms with Crippen molar-refractivity contribution in [2.45, 2.75) is 25.9 Å². The quantitative estimate of drug-likeness (QED) is 0.640. The van der Waals surface area contributed by atoms with Crippen molar-refractivity contribution in [2.75, 3.05) is 4.90 Å². The number of fused-ring (bicyclic) bond motifs is 1. The fourth-order valence-corrected chi connectivity index (χ4v) is 3.56. The van der Waals surface area contributed by atoms with Crippen LogP contribution in [0.3, 0.4) is 0 Å². The minimum atomic E-state index is -0.713. The zero-order valence-electron chi connectivity index (χ0n) is 14.4. The molecule has 0 bridgehead atoms. The van der Waals surface area contributed by atoms with Gasteiger partial charge in [0.15, 0.2) is 0 Å². The molecule has 138 valence electrons. The van der Waals surface area contributed by atoms with E-state index in [2.05, 4.69) is 10.1 Å². The molecule has 3 heterocycles. The summed E-state index contributed by atoms with van der Waals surface area (Å²) in [6.07, 6.45) is 3.13. The molecule has 3 aromatic rings. The van der Waals surface area contributed by atoms with Gasteiger partial charge in [-0.1, -0.05) is 29.8 Å². The molecule has 0 radical (unpaired) electrons. The fourth-order valence-electron chi connectivity index (χ4n) is 3.36. The Balaban J connectivity index is 1.71. The molecule has 4 rings (SSSR count). The second-order valence-electron chi connectivity index (χ2n) is 6.44. The molecular formula is C19H15ClF2N4O. The Labute approximate surface area is 159 Å². The first kappa shape index (κ1) is 17.6. The van der Waals surface area contributed by atoms with E-state index in [0.29, 0.717) is 17.5 Å². The Morgan fingerprint density at radius 2 is 2.04 bits per heavy atom. The maximum absolute atomic E-state index is 14.0. The Morgan fingerprint density at radius 3 is 2.81 bits per heavy atom. The number of aromatic nitrogens is 3. The van der Waals surface area contributed by atoms with E-state index in [1.165, 1.54) is 23.4 Å². The van der Waals surface area contributed by atoms with Crippen molar-refractivity contribution >= 4 is 23.2 Å². The summed E-state index contributed by atoms with van der Waals surface area (Å²) < 4.78 is 29.2. The molecule has 1 atom stereocenters. The summed E-state index contributed by atoms with van der Waals surface area (Å²) in [6.45, 7) is 2.07. The highest BCUT2D eigenvalue weighted by Crippen LogP contribution is 2.33. The molecule has 8 heteroatoms. The van der Waals surface area contributed by atoms with Crippen molar-refractivity contribution in [3.05, 3.63) is 76.3 Å². The average Bonchev–Trinajstić information content (AvgIpc) is 3.03. The van der Waals surface area contributed by atoms with Gasteiger partial charge in [-0.2, -0.15) is 9.49 Å². The van der Waals surface area contributed by atoms with Gasteiger partial charge in [-0.25, -0.2) is 9.37 Å². The first-order chi connectivity index (χ1) is 13.0. The average molecular weight is 389 g/mol. The topological polar surface area (TPSA) is 51.0 Å². The number of amides is 1. The summed E-state index contributed by atoms with van der Waals surface area (Å²) in [5.41, 5.74) is 1.88. The molecule has 1 aliphatic rings. The lowest BCUT2D eigenvalue weighted by Gasteiger charge is -2.34. The zero-order chi connectivity index (χ0) is 19.1. The second kappa shape index (κ2) is 6.74. The number of anilines is 1. The smallest absolute Gasteiger partial charge is 0.262 e. The van der Waals surface area contributed by atoms with Crippen LogP contribution >= 0.6 is 11.6 Å². The van der Waals surface area contributed by atoms with Crippen molar-refractivity contribution < 1.29 is 13.6 Å². The van der Waals surface area contributed by atoms with E-state index < -0.39 is 5.95 Å². The van der Waals surface area contributed by atoms with Crippen molar-refractivity contribution in [3.63, 3.8) is 0 Å². The number of carbonyl (C=O) groups excluding carboxylic acids is 1. The number of carbonyl (C=O) groups is 1. The molecule has 0 aliphatic carbocycles. The fraction of sp³-hybridized carbons (Fsp3) is 0.211. The highest BCUT2D eigenvalue weighted by molar-refractivity contribution is 6.34. The van der Waals surface area contributed by atoms with E-state index in [-0.39, 0.29) is 35.0 Å². The summed E-state index contributed by atoms with van der Waals surface area (Å²) in [6, 6.07) is 7.32. The maximum atomic E-state index is 14.0. The van der Waals surface area contributed by atoms with Gasteiger partial charge < -0.3 is 4.90 Å². The lowest BCUT2D eigenvalue weighted by Crippen LogP contribution is -2.44. The second-order valence-corrected chi connectivity index (χ2v) is 6.85. The van der Waals surface area contributed by atoms with E-state index >= 15 is 0 Å². The van der Waals surface area contributed by atoms with Gasteiger partial charge in [0.05, 0.1) is 40.9 Å². The van der Waals surface area contributed by atoms with Crippen LogP contribution < -0.4 is 4.90 Å². The molecule has 0 N–H and O–H groups in total. The predicted molar refractivity (Wildman–Crippen MR) is 96.9 cm³/mol. The van der Waals surface area contributed by atoms with Gasteiger partial charge in [0.1, 0.15) is 5.82 Å². The van der Waals surface area contributed by atoms with Crippen LogP contribution in [0, 0.1) is 11.8 Å². The number of hydrogen-bond acceptors (Lipinski definition) is 3. The lowest BCUT2D eigenvalue weighted by atomic mass is 10.00. The lowest BCUT2D eigenvalue weighted by molar-refractivity contribution is 0.0969. The normalized spacial score (nSPS) is 16.5. The van der Waals surface area contributed by atoms with Crippen LogP contribution in [-0.4, -0.2) is 26.7 Å². The number of pyridine rings is 1. The highest BCUT2D eigenvalue weighted by atomic mass is 35.5. The van der Waals surface area contributed by atoms with Crippen molar-refractivity contribution in [3.8, 4) is 0 Å². The Kier molecular flexibility index (Phi) is 4.39. The largest absolute Gasteiger partial charge is 0.303 e. The Hall–Kier alpha value is -2.80. The third-order valence-corrected chi connectivity index (χ3v) is 4.96. The first-order valence-corrected chi connectivity index (χ1v) is 8.76. The standard InChI is InChI=1S/C19H15ClF2N4O/c1-11-6-16-13(8-24-25(16)10-12-4-2-3-5-15(12)21)19(27)26(11)17-7-18(22)23-9-14(17)20/h2-5,7-9,11H,6,10H2,1H3/t11-/m1/s1. The molecular weight excluding hydrogens is 374 g/mol. The van der Waals surface area contributed by atoms with Crippen LogP contribution in [0.5, 0.6) is 0 Å². The third kappa shape index (κ3) is 3.08. The minimum Gasteiger partial charge on any atom is -0.303 e. The molecule has 0 fully saturated rings. The summed E-state index contributed by atoms with van der Waals surface area (Å²) in [4.78, 5) is 18.0. The molecule has 2 aromatic heterocycles. The molecule has 27 heavy (non-hydrogen) atoms. The monoisotopic (exact) mass is 388 g/mol. The number of nitrogens with zero attached hydrogens (tertiary/aromatic N) is 4. The van der Waals surface area contributed by atoms with Crippen LogP contribution in [0.4, 0.5) is 14.5 Å². The van der Waals surface area contributed by atoms with Crippen LogP contribution in [0.15, 0.2) is 42.7 Å². The number of hydrogen-bond donors (Lipinski definition) is 0. The summed E-state index contributed by atoms with van der Waals surface area (Å²) in [5, 5.41) is 4.46. The molecule has 1 amide bonds. The van der Waals surface area contributed by atoms with Crippen LogP contribution in [0.1, 0.15) is 28.5 Å². The van der Waals surface area contributed by atoms with E-state index in [9.17, 15) is 13.6 Å². The van der Waals surface area contributed by atoms with E-state index in [4.69, 9.17) is 11.6 Å². The highest BCUT2D eigenvalue weighted by Gasteiger charge is 2.35. The molecule has 0 spiro atoms. The third-order valence-electron chi connectivity index (χ3n) is 4.67. The summed E-state index contributed by atoms with van der Waals surface area (Å²) in [7, 11) is 0. The van der Waals surface area contributed by atoms with Gasteiger partial charge in [0.2, 0.25) is 5.95 Å². The van der Waals surface area contributed by atoms with Gasteiger partial charge in [-0.15, -0.1) is 0 Å². The number of halogens is 3. The Bertz CT molecular complexity index is 1040. The molecule has 1 aliphatic heterocycles. The van der Waals surface area contributed by atoms with E-state index in [0.717, 1.165) is 11.8 Å². The van der Waals surface area contributed by atoms with E-state index in [1.54, 1.807) is 22.9 Å². The van der Waals surface area contributed by atoms with Gasteiger partial charge >= 0.3 is 0 Å². The van der Waals surface area contributed by atoms with Crippen molar-refractivity contribution in [1.29, 1.82) is 0 Å². The molecule has 0 unspecified atom stereocenters. The van der Waals surface area contributed by atoms with Crippen LogP contribution in [-0.2, 0) is 13.0 Å². The van der Waals surface area contributed by atoms with Gasteiger partial charge in [-0.3, -0.25) is 9.48 Å². The van der Waals surface area contributed by atoms with Crippen molar-refractivity contribution in [1.82, 2.24) is 14.8 Å². The Morgan fingerprint density at radius 1 is 1.26 bits per heavy atom. The molecule has 1 aromatic carbocycles. The van der Waals surface area contributed by atoms with E-state index in [1.807, 2.05) is 6.92 Å². The van der Waals surface area contributed by atoms with Gasteiger partial charge in [0, 0.05) is 24.1 Å². The number of benzene rings is 1. The SMILES string of the molecule is C[C@@H]1Cc2c(cnn2Cc2ccccc2F)C(=O)N1c1cc(F)ncc1Cl. The van der Waals surface area contributed by atoms with Crippen molar-refractivity contribution in [2.24, 2.45) is 0 Å². The zero-order valence-corrected chi connectivity index (χ0v) is 15.1. The molecule has 5 nitrogen and oxygen atoms in total. The predicted octanol–water partition coefficient (Wildman–Crippen LogP) is 3.85. The molecule has 0 saturated carbocycles. The van der Waals surface area contributed by atoms with Gasteiger partial charge in [0.25, 0.3) is 5.91 Å². The maximum Gasteiger partial charge on any atom is 0.262 e. The van der Waals surface area contributed by atoms with Gasteiger partial charge in [-0.05, 0) is 13.0 Å². The molecule has 0 saturated heterocycles. The van der Waals surface area contributed by atoms with Crippen LogP contribution in [0.2, 0.25) is 5.02 Å².